The van der Waals surface area contributed by atoms with Gasteiger partial charge in [0.05, 0.1) is 10.5 Å². The van der Waals surface area contributed by atoms with Crippen LogP contribution in [0.15, 0.2) is 57.2 Å². The van der Waals surface area contributed by atoms with Gasteiger partial charge in [0.2, 0.25) is 0 Å². The molecular formula is C15H17IN2O3S. The lowest BCUT2D eigenvalue weighted by Crippen LogP contribution is -2.34. The second-order valence-electron chi connectivity index (χ2n) is 4.91. The number of halogens is 1. The predicted molar refractivity (Wildman–Crippen MR) is 93.8 cm³/mol. The van der Waals surface area contributed by atoms with E-state index < -0.39 is 15.9 Å². The van der Waals surface area contributed by atoms with Crippen LogP contribution in [-0.2, 0) is 14.8 Å². The highest BCUT2D eigenvalue weighted by Gasteiger charge is 2.24. The van der Waals surface area contributed by atoms with Crippen molar-refractivity contribution in [2.45, 2.75) is 17.7 Å². The van der Waals surface area contributed by atoms with Gasteiger partial charge in [0, 0.05) is 18.8 Å². The summed E-state index contributed by atoms with van der Waals surface area (Å²) in [7, 11) is -3.88. The first-order chi connectivity index (χ1) is 10.5. The van der Waals surface area contributed by atoms with E-state index in [2.05, 4.69) is 11.3 Å². The average molecular weight is 432 g/mol. The van der Waals surface area contributed by atoms with Gasteiger partial charge in [-0.25, -0.2) is 13.1 Å². The third-order valence-electron chi connectivity index (χ3n) is 3.43. The molecule has 0 radical (unpaired) electrons. The van der Waals surface area contributed by atoms with E-state index in [0.29, 0.717) is 5.70 Å². The summed E-state index contributed by atoms with van der Waals surface area (Å²) < 4.78 is 28.1. The van der Waals surface area contributed by atoms with Gasteiger partial charge in [0.1, 0.15) is 0 Å². The van der Waals surface area contributed by atoms with Crippen molar-refractivity contribution in [1.29, 1.82) is 0 Å². The average Bonchev–Trinajstić information content (AvgIpc) is 3.02. The molecule has 1 saturated heterocycles. The van der Waals surface area contributed by atoms with E-state index in [1.807, 2.05) is 27.5 Å². The first-order valence-corrected chi connectivity index (χ1v) is 9.55. The van der Waals surface area contributed by atoms with Crippen LogP contribution in [0.2, 0.25) is 0 Å². The van der Waals surface area contributed by atoms with Gasteiger partial charge in [0.15, 0.2) is 0 Å². The van der Waals surface area contributed by atoms with Gasteiger partial charge in [-0.1, -0.05) is 47.4 Å². The van der Waals surface area contributed by atoms with E-state index in [1.165, 1.54) is 12.1 Å². The van der Waals surface area contributed by atoms with Gasteiger partial charge in [0.25, 0.3) is 15.9 Å². The highest BCUT2D eigenvalue weighted by molar-refractivity contribution is 14.1. The smallest absolute Gasteiger partial charge is 0.267 e. The van der Waals surface area contributed by atoms with Crippen LogP contribution in [0, 0.1) is 0 Å². The van der Waals surface area contributed by atoms with Gasteiger partial charge >= 0.3 is 0 Å². The number of hydrogen-bond acceptors (Lipinski definition) is 4. The third-order valence-corrected chi connectivity index (χ3v) is 5.40. The monoisotopic (exact) mass is 432 g/mol. The minimum atomic E-state index is -3.88. The largest absolute Gasteiger partial charge is 0.371 e. The van der Waals surface area contributed by atoms with Crippen LogP contribution in [0.25, 0.3) is 0 Å². The van der Waals surface area contributed by atoms with Crippen molar-refractivity contribution in [3.05, 3.63) is 52.3 Å². The van der Waals surface area contributed by atoms with Crippen molar-refractivity contribution < 1.29 is 13.2 Å². The molecule has 118 valence electrons. The van der Waals surface area contributed by atoms with Crippen LogP contribution in [-0.4, -0.2) is 32.3 Å². The summed E-state index contributed by atoms with van der Waals surface area (Å²) >= 11 is 1.93. The number of hydrogen-bond donors (Lipinski definition) is 1. The molecule has 0 saturated carbocycles. The molecule has 0 spiro atoms. The Labute approximate surface area is 144 Å². The van der Waals surface area contributed by atoms with Crippen molar-refractivity contribution in [2.24, 2.45) is 0 Å². The Morgan fingerprint density at radius 1 is 1.23 bits per heavy atom. The Hall–Kier alpha value is -1.35. The summed E-state index contributed by atoms with van der Waals surface area (Å²) in [5, 5.41) is 0. The molecule has 1 aromatic rings. The zero-order chi connectivity index (χ0) is 16.2. The molecule has 0 atom stereocenters. The van der Waals surface area contributed by atoms with E-state index in [-0.39, 0.29) is 10.5 Å². The van der Waals surface area contributed by atoms with Crippen LogP contribution in [0.3, 0.4) is 0 Å². The number of benzene rings is 1. The second-order valence-corrected chi connectivity index (χ2v) is 7.22. The lowest BCUT2D eigenvalue weighted by molar-refractivity contribution is -0.115. The van der Waals surface area contributed by atoms with Crippen molar-refractivity contribution in [3.8, 4) is 0 Å². The van der Waals surface area contributed by atoms with Crippen molar-refractivity contribution >= 4 is 38.5 Å². The fourth-order valence-corrected chi connectivity index (χ4v) is 3.87. The summed E-state index contributed by atoms with van der Waals surface area (Å²) in [6.45, 7) is 5.61. The molecule has 7 heteroatoms. The molecule has 1 heterocycles. The first-order valence-electron chi connectivity index (χ1n) is 6.82. The summed E-state index contributed by atoms with van der Waals surface area (Å²) in [6, 6.07) is 7.82. The molecule has 1 N–H and O–H groups in total. The van der Waals surface area contributed by atoms with Gasteiger partial charge in [-0.2, -0.15) is 0 Å². The molecule has 0 bridgehead atoms. The normalized spacial score (nSPS) is 15.7. The number of rotatable bonds is 5. The summed E-state index contributed by atoms with van der Waals surface area (Å²) in [4.78, 5) is 14.4. The number of nitrogens with zero attached hydrogens (tertiary/aromatic N) is 1. The highest BCUT2D eigenvalue weighted by atomic mass is 127. The first kappa shape index (κ1) is 17.0. The maximum Gasteiger partial charge on any atom is 0.267 e. The zero-order valence-electron chi connectivity index (χ0n) is 12.0. The van der Waals surface area contributed by atoms with Gasteiger partial charge in [-0.15, -0.1) is 0 Å². The van der Waals surface area contributed by atoms with Crippen LogP contribution >= 0.6 is 22.6 Å². The van der Waals surface area contributed by atoms with Crippen molar-refractivity contribution in [3.63, 3.8) is 0 Å². The van der Waals surface area contributed by atoms with Crippen LogP contribution < -0.4 is 4.72 Å². The van der Waals surface area contributed by atoms with E-state index in [0.717, 1.165) is 25.9 Å². The molecule has 1 fully saturated rings. The minimum absolute atomic E-state index is 0.0583. The van der Waals surface area contributed by atoms with Gasteiger partial charge in [-0.3, -0.25) is 4.79 Å². The number of sulfonamides is 1. The Morgan fingerprint density at radius 3 is 2.36 bits per heavy atom. The Balaban J connectivity index is 2.15. The SMILES string of the molecule is C=C(/C(=C\I)C(=O)NS(=O)(=O)c1ccccc1)N1CCCC1. The summed E-state index contributed by atoms with van der Waals surface area (Å²) in [6.07, 6.45) is 2.11. The number of amides is 1. The molecule has 0 aromatic heterocycles. The molecule has 1 aliphatic heterocycles. The molecule has 5 nitrogen and oxygen atoms in total. The van der Waals surface area contributed by atoms with Gasteiger partial charge < -0.3 is 4.90 Å². The number of nitrogens with one attached hydrogen (secondary N) is 1. The second kappa shape index (κ2) is 7.28. The van der Waals surface area contributed by atoms with Crippen LogP contribution in [0.4, 0.5) is 0 Å². The van der Waals surface area contributed by atoms with E-state index >= 15 is 0 Å². The fourth-order valence-electron chi connectivity index (χ4n) is 2.24. The Bertz CT molecular complexity index is 693. The molecule has 1 aromatic carbocycles. The standard InChI is InChI=1S/C15H17IN2O3S/c1-12(18-9-5-6-10-18)14(11-16)15(19)17-22(20,21)13-7-3-2-4-8-13/h2-4,7-8,11H,1,5-6,9-10H2,(H,17,19)/b14-11+. The summed E-state index contributed by atoms with van der Waals surface area (Å²) in [5.41, 5.74) is 0.842. The molecular weight excluding hydrogens is 415 g/mol. The van der Waals surface area contributed by atoms with E-state index in [4.69, 9.17) is 0 Å². The minimum Gasteiger partial charge on any atom is -0.371 e. The number of carbonyl (C=O) groups excluding carboxylic acids is 1. The topological polar surface area (TPSA) is 66.5 Å². The maximum absolute atomic E-state index is 12.3. The fraction of sp³-hybridized carbons (Fsp3) is 0.267. The third kappa shape index (κ3) is 3.89. The Kier molecular flexibility index (Phi) is 5.63. The molecule has 1 amide bonds. The summed E-state index contributed by atoms with van der Waals surface area (Å²) in [5.74, 6) is -0.657. The van der Waals surface area contributed by atoms with Crippen molar-refractivity contribution in [1.82, 2.24) is 9.62 Å². The highest BCUT2D eigenvalue weighted by Crippen LogP contribution is 2.21. The van der Waals surface area contributed by atoms with Crippen LogP contribution in [0.1, 0.15) is 12.8 Å². The van der Waals surface area contributed by atoms with E-state index in [1.54, 1.807) is 22.3 Å². The van der Waals surface area contributed by atoms with E-state index in [9.17, 15) is 13.2 Å². The molecule has 0 aliphatic carbocycles. The quantitative estimate of drug-likeness (QED) is 0.441. The van der Waals surface area contributed by atoms with Gasteiger partial charge in [-0.05, 0) is 29.1 Å². The Morgan fingerprint density at radius 2 is 1.82 bits per heavy atom. The maximum atomic E-state index is 12.3. The number of carbonyl (C=O) groups is 1. The molecule has 0 unspecified atom stereocenters. The molecule has 2 rings (SSSR count). The lowest BCUT2D eigenvalue weighted by atomic mass is 10.2. The predicted octanol–water partition coefficient (Wildman–Crippen LogP) is 2.42. The van der Waals surface area contributed by atoms with Crippen molar-refractivity contribution in [2.75, 3.05) is 13.1 Å². The zero-order valence-corrected chi connectivity index (χ0v) is 14.9. The molecule has 22 heavy (non-hydrogen) atoms. The lowest BCUT2D eigenvalue weighted by Gasteiger charge is -2.21. The number of likely N-dealkylation sites (tertiary alicyclic amines) is 1. The molecule has 1 aliphatic rings. The van der Waals surface area contributed by atoms with Crippen LogP contribution in [0.5, 0.6) is 0 Å².